The van der Waals surface area contributed by atoms with Gasteiger partial charge in [0.05, 0.1) is 28.3 Å². The number of fused-ring (bicyclic) bond motifs is 8. The van der Waals surface area contributed by atoms with E-state index < -0.39 is 0 Å². The number of rotatable bonds is 5. The molecule has 3 heterocycles. The largest absolute Gasteiger partial charge is 0.255 e. The third-order valence-corrected chi connectivity index (χ3v) is 9.91. The van der Waals surface area contributed by atoms with Crippen LogP contribution in [-0.2, 0) is 0 Å². The van der Waals surface area contributed by atoms with Gasteiger partial charge in [-0.1, -0.05) is 146 Å². The molecule has 4 nitrogen and oxygen atoms in total. The van der Waals surface area contributed by atoms with E-state index in [0.29, 0.717) is 5.82 Å². The van der Waals surface area contributed by atoms with Crippen molar-refractivity contribution < 1.29 is 0 Å². The molecule has 0 atom stereocenters. The number of para-hydroxylation sites is 1. The van der Waals surface area contributed by atoms with E-state index >= 15 is 0 Å². The summed E-state index contributed by atoms with van der Waals surface area (Å²) in [5.41, 5.74) is 9.61. The smallest absolute Gasteiger partial charge is 0.160 e. The van der Waals surface area contributed by atoms with Crippen molar-refractivity contribution in [3.8, 4) is 56.4 Å². The summed E-state index contributed by atoms with van der Waals surface area (Å²) in [5, 5.41) is 8.48. The van der Waals surface area contributed by atoms with Crippen LogP contribution in [0.25, 0.3) is 99.6 Å². The molecular formula is C48H30N4. The first kappa shape index (κ1) is 29.8. The first-order valence-corrected chi connectivity index (χ1v) is 17.5. The zero-order chi connectivity index (χ0) is 34.4. The van der Waals surface area contributed by atoms with Gasteiger partial charge in [-0.2, -0.15) is 0 Å². The molecule has 7 aromatic carbocycles. The van der Waals surface area contributed by atoms with E-state index in [1.54, 1.807) is 6.20 Å². The van der Waals surface area contributed by atoms with Crippen molar-refractivity contribution in [2.75, 3.05) is 0 Å². The minimum Gasteiger partial charge on any atom is -0.255 e. The van der Waals surface area contributed by atoms with Gasteiger partial charge in [0, 0.05) is 39.0 Å². The average Bonchev–Trinajstić information content (AvgIpc) is 3.24. The monoisotopic (exact) mass is 662 g/mol. The van der Waals surface area contributed by atoms with E-state index in [1.165, 1.54) is 32.3 Å². The van der Waals surface area contributed by atoms with Crippen LogP contribution in [0, 0.1) is 0 Å². The van der Waals surface area contributed by atoms with Crippen LogP contribution in [0.1, 0.15) is 0 Å². The van der Waals surface area contributed by atoms with Crippen molar-refractivity contribution in [2.24, 2.45) is 0 Å². The predicted molar refractivity (Wildman–Crippen MR) is 215 cm³/mol. The Labute approximate surface area is 300 Å². The molecule has 0 amide bonds. The fraction of sp³-hybridized carbons (Fsp3) is 0. The SMILES string of the molecule is c1ccc(-c2cccc(-c3nc(-c4ccc(-c5nc6ccccc6c6c7ccccc7c7ccccc7c56)cc4)cc(-c4ccccn4)n3)c2)cc1. The van der Waals surface area contributed by atoms with E-state index in [9.17, 15) is 0 Å². The van der Waals surface area contributed by atoms with Gasteiger partial charge < -0.3 is 0 Å². The predicted octanol–water partition coefficient (Wildman–Crippen LogP) is 12.2. The van der Waals surface area contributed by atoms with Crippen LogP contribution in [0.15, 0.2) is 182 Å². The lowest BCUT2D eigenvalue weighted by molar-refractivity contribution is 1.16. The molecule has 4 heteroatoms. The van der Waals surface area contributed by atoms with Gasteiger partial charge in [0.1, 0.15) is 0 Å². The molecular weight excluding hydrogens is 633 g/mol. The Morgan fingerprint density at radius 3 is 1.65 bits per heavy atom. The maximum absolute atomic E-state index is 5.34. The van der Waals surface area contributed by atoms with Crippen LogP contribution in [0.3, 0.4) is 0 Å². The van der Waals surface area contributed by atoms with Crippen molar-refractivity contribution in [3.05, 3.63) is 182 Å². The summed E-state index contributed by atoms with van der Waals surface area (Å²) < 4.78 is 0. The average molecular weight is 663 g/mol. The third-order valence-electron chi connectivity index (χ3n) is 9.91. The second kappa shape index (κ2) is 12.4. The second-order valence-corrected chi connectivity index (χ2v) is 13.0. The van der Waals surface area contributed by atoms with Crippen LogP contribution in [0.5, 0.6) is 0 Å². The Balaban J connectivity index is 1.15. The standard InChI is InChI=1S/C48H30N4/c1-2-13-31(14-3-1)34-15-12-16-35(29-34)48-51-43(30-44(52-48)42-23-10-11-28-49-42)32-24-26-33(27-25-32)47-46-39-20-7-5-18-37(39)36-17-4-6-19-38(36)45(46)40-21-8-9-22-41(40)50-47/h1-30H. The lowest BCUT2D eigenvalue weighted by Crippen LogP contribution is -1.97. The number of hydrogen-bond acceptors (Lipinski definition) is 4. The van der Waals surface area contributed by atoms with E-state index in [4.69, 9.17) is 15.0 Å². The molecule has 0 N–H and O–H groups in total. The highest BCUT2D eigenvalue weighted by Gasteiger charge is 2.18. The summed E-state index contributed by atoms with van der Waals surface area (Å²) in [6.45, 7) is 0. The first-order chi connectivity index (χ1) is 25.8. The second-order valence-electron chi connectivity index (χ2n) is 13.0. The summed E-state index contributed by atoms with van der Waals surface area (Å²) in [4.78, 5) is 20.2. The fourth-order valence-corrected chi connectivity index (χ4v) is 7.47. The Morgan fingerprint density at radius 1 is 0.308 bits per heavy atom. The molecule has 0 fully saturated rings. The highest BCUT2D eigenvalue weighted by Crippen LogP contribution is 2.43. The van der Waals surface area contributed by atoms with Gasteiger partial charge in [0.25, 0.3) is 0 Å². The van der Waals surface area contributed by atoms with Crippen molar-refractivity contribution in [1.82, 2.24) is 19.9 Å². The van der Waals surface area contributed by atoms with Crippen LogP contribution in [0.4, 0.5) is 0 Å². The highest BCUT2D eigenvalue weighted by molar-refractivity contribution is 6.33. The van der Waals surface area contributed by atoms with Crippen molar-refractivity contribution in [3.63, 3.8) is 0 Å². The van der Waals surface area contributed by atoms with Crippen LogP contribution >= 0.6 is 0 Å². The molecule has 52 heavy (non-hydrogen) atoms. The Kier molecular flexibility index (Phi) is 7.10. The van der Waals surface area contributed by atoms with Crippen LogP contribution < -0.4 is 0 Å². The Hall–Kier alpha value is -7.04. The van der Waals surface area contributed by atoms with Gasteiger partial charge in [0.15, 0.2) is 5.82 Å². The lowest BCUT2D eigenvalue weighted by atomic mass is 9.90. The zero-order valence-electron chi connectivity index (χ0n) is 28.1. The minimum atomic E-state index is 0.653. The molecule has 0 aliphatic carbocycles. The van der Waals surface area contributed by atoms with Gasteiger partial charge in [-0.15, -0.1) is 0 Å². The molecule has 0 bridgehead atoms. The van der Waals surface area contributed by atoms with Gasteiger partial charge in [-0.25, -0.2) is 15.0 Å². The topological polar surface area (TPSA) is 51.6 Å². The van der Waals surface area contributed by atoms with Crippen LogP contribution in [0.2, 0.25) is 0 Å². The highest BCUT2D eigenvalue weighted by atomic mass is 14.9. The van der Waals surface area contributed by atoms with Gasteiger partial charge in [0.2, 0.25) is 0 Å². The number of nitrogens with zero attached hydrogens (tertiary/aromatic N) is 4. The van der Waals surface area contributed by atoms with E-state index in [0.717, 1.165) is 61.5 Å². The quantitative estimate of drug-likeness (QED) is 0.172. The molecule has 242 valence electrons. The molecule has 0 unspecified atom stereocenters. The van der Waals surface area contributed by atoms with E-state index in [2.05, 4.69) is 151 Å². The molecule has 0 saturated carbocycles. The first-order valence-electron chi connectivity index (χ1n) is 17.5. The molecule has 0 aliphatic rings. The summed E-state index contributed by atoms with van der Waals surface area (Å²) in [6.07, 6.45) is 1.80. The minimum absolute atomic E-state index is 0.653. The maximum Gasteiger partial charge on any atom is 0.160 e. The summed E-state index contributed by atoms with van der Waals surface area (Å²) in [5.74, 6) is 0.653. The summed E-state index contributed by atoms with van der Waals surface area (Å²) in [7, 11) is 0. The number of aromatic nitrogens is 4. The fourth-order valence-electron chi connectivity index (χ4n) is 7.47. The Morgan fingerprint density at radius 2 is 0.904 bits per heavy atom. The lowest BCUT2D eigenvalue weighted by Gasteiger charge is -2.16. The van der Waals surface area contributed by atoms with E-state index in [-0.39, 0.29) is 0 Å². The maximum atomic E-state index is 5.34. The number of benzene rings is 7. The molecule has 10 aromatic rings. The van der Waals surface area contributed by atoms with Crippen LogP contribution in [-0.4, -0.2) is 19.9 Å². The van der Waals surface area contributed by atoms with Gasteiger partial charge in [-0.05, 0) is 63.0 Å². The normalized spacial score (nSPS) is 11.5. The number of hydrogen-bond donors (Lipinski definition) is 0. The van der Waals surface area contributed by atoms with Crippen molar-refractivity contribution in [2.45, 2.75) is 0 Å². The van der Waals surface area contributed by atoms with Gasteiger partial charge >= 0.3 is 0 Å². The summed E-state index contributed by atoms with van der Waals surface area (Å²) >= 11 is 0. The molecule has 0 spiro atoms. The summed E-state index contributed by atoms with van der Waals surface area (Å²) in [6, 6.07) is 61.3. The molecule has 0 aliphatic heterocycles. The molecule has 3 aromatic heterocycles. The van der Waals surface area contributed by atoms with Crippen molar-refractivity contribution in [1.29, 1.82) is 0 Å². The molecule has 10 rings (SSSR count). The molecule has 0 radical (unpaired) electrons. The van der Waals surface area contributed by atoms with Crippen molar-refractivity contribution >= 4 is 43.2 Å². The van der Waals surface area contributed by atoms with Gasteiger partial charge in [-0.3, -0.25) is 4.98 Å². The zero-order valence-corrected chi connectivity index (χ0v) is 28.1. The number of pyridine rings is 2. The van der Waals surface area contributed by atoms with E-state index in [1.807, 2.05) is 30.3 Å². The third kappa shape index (κ3) is 5.09. The Bertz CT molecular complexity index is 2940. The molecule has 0 saturated heterocycles.